The van der Waals surface area contributed by atoms with E-state index >= 15 is 0 Å². The van der Waals surface area contributed by atoms with Crippen LogP contribution in [-0.2, 0) is 54.7 Å². The zero-order valence-corrected chi connectivity index (χ0v) is 23.5. The Morgan fingerprint density at radius 1 is 0.711 bits per heavy atom. The summed E-state index contributed by atoms with van der Waals surface area (Å²) in [6, 6.07) is 10.9. The molecule has 0 saturated heterocycles. The Hall–Kier alpha value is -2.72. The predicted molar refractivity (Wildman–Crippen MR) is 133 cm³/mol. The summed E-state index contributed by atoms with van der Waals surface area (Å²) in [5, 5.41) is 44.6. The van der Waals surface area contributed by atoms with E-state index < -0.39 is 24.0 Å². The van der Waals surface area contributed by atoms with E-state index in [0.29, 0.717) is 24.0 Å². The average molecular weight is 632 g/mol. The van der Waals surface area contributed by atoms with E-state index in [0.717, 1.165) is 0 Å². The van der Waals surface area contributed by atoms with Gasteiger partial charge < -0.3 is 41.0 Å². The third-order valence-corrected chi connectivity index (χ3v) is 5.44. The topological polar surface area (TPSA) is 217 Å². The van der Waals surface area contributed by atoms with Gasteiger partial charge in [-0.3, -0.25) is 9.98 Å². The van der Waals surface area contributed by atoms with Crippen LogP contribution < -0.4 is 20.4 Å². The number of aliphatic carboxylic acids is 2. The molecule has 12 heteroatoms. The van der Waals surface area contributed by atoms with Crippen molar-refractivity contribution in [3.05, 3.63) is 59.7 Å². The van der Waals surface area contributed by atoms with Crippen LogP contribution >= 0.6 is 0 Å². The van der Waals surface area contributed by atoms with Gasteiger partial charge >= 0.3 is 34.1 Å². The summed E-state index contributed by atoms with van der Waals surface area (Å²) < 4.78 is 0. The first-order valence-electron chi connectivity index (χ1n) is 11.1. The SMILES string of the molecule is CC[C@H](C)[C@H](N=Cc1ccccc1[O-])C(=O)[O-].CC[C@H](C)[C@H](N=Cc1ccccc1[O-])C(=O)[O-].[Cu+2].[Cu+2].[OH3+].[OH3+]. The zero-order chi connectivity index (χ0) is 25.7. The number of hydrogen-bond donors (Lipinski definition) is 0. The Labute approximate surface area is 244 Å². The third-order valence-electron chi connectivity index (χ3n) is 5.44. The molecule has 218 valence electrons. The molecule has 0 unspecified atom stereocenters. The summed E-state index contributed by atoms with van der Waals surface area (Å²) in [5.41, 5.74) is 0.782. The molecular formula is C26H36Cu2N2O8+2. The summed E-state index contributed by atoms with van der Waals surface area (Å²) in [4.78, 5) is 29.7. The number of carbonyl (C=O) groups excluding carboxylic acids is 2. The normalized spacial score (nSPS) is 13.2. The van der Waals surface area contributed by atoms with Crippen molar-refractivity contribution >= 4 is 24.4 Å². The van der Waals surface area contributed by atoms with Crippen molar-refractivity contribution in [2.45, 2.75) is 52.6 Å². The fraction of sp³-hybridized carbons (Fsp3) is 0.385. The van der Waals surface area contributed by atoms with Gasteiger partial charge in [-0.1, -0.05) is 89.1 Å². The molecule has 2 rings (SSSR count). The molecule has 4 atom stereocenters. The number of aliphatic imine (C=N–C) groups is 2. The van der Waals surface area contributed by atoms with Crippen LogP contribution in [0.5, 0.6) is 11.5 Å². The van der Waals surface area contributed by atoms with Crippen molar-refractivity contribution in [3.8, 4) is 11.5 Å². The molecule has 6 N–H and O–H groups in total. The van der Waals surface area contributed by atoms with Crippen LogP contribution in [0.1, 0.15) is 51.7 Å². The number of hydrogen-bond acceptors (Lipinski definition) is 8. The van der Waals surface area contributed by atoms with Crippen LogP contribution in [-0.4, -0.2) is 36.5 Å². The number of nitrogens with zero attached hydrogens (tertiary/aromatic N) is 2. The number of carboxylic acids is 2. The Balaban J connectivity index is -0.000000275. The second-order valence-corrected chi connectivity index (χ2v) is 7.93. The van der Waals surface area contributed by atoms with Gasteiger partial charge in [0.1, 0.15) is 0 Å². The Morgan fingerprint density at radius 2 is 1.00 bits per heavy atom. The van der Waals surface area contributed by atoms with Gasteiger partial charge in [-0.05, 0) is 23.0 Å². The summed E-state index contributed by atoms with van der Waals surface area (Å²) in [5.74, 6) is -2.99. The molecular weight excluding hydrogens is 595 g/mol. The van der Waals surface area contributed by atoms with Gasteiger partial charge in [0.25, 0.3) is 0 Å². The molecule has 0 spiro atoms. The van der Waals surface area contributed by atoms with Crippen molar-refractivity contribution in [1.29, 1.82) is 0 Å². The van der Waals surface area contributed by atoms with E-state index in [1.807, 2.05) is 13.8 Å². The molecule has 0 bridgehead atoms. The van der Waals surface area contributed by atoms with Crippen molar-refractivity contribution in [1.82, 2.24) is 0 Å². The molecule has 2 aromatic rings. The summed E-state index contributed by atoms with van der Waals surface area (Å²) in [7, 11) is 0. The number of carboxylic acid groups (broad SMARTS) is 2. The molecule has 0 aliphatic heterocycles. The van der Waals surface area contributed by atoms with Gasteiger partial charge in [-0.25, -0.2) is 0 Å². The fourth-order valence-electron chi connectivity index (χ4n) is 2.82. The maximum Gasteiger partial charge on any atom is 2.00 e. The molecule has 0 aliphatic carbocycles. The summed E-state index contributed by atoms with van der Waals surface area (Å²) >= 11 is 0. The molecule has 38 heavy (non-hydrogen) atoms. The number of carbonyl (C=O) groups is 2. The largest absolute Gasteiger partial charge is 2.00 e. The molecule has 0 aromatic heterocycles. The van der Waals surface area contributed by atoms with Crippen LogP contribution in [0, 0.1) is 11.8 Å². The monoisotopic (exact) mass is 630 g/mol. The van der Waals surface area contributed by atoms with Crippen molar-refractivity contribution in [2.24, 2.45) is 21.8 Å². The minimum absolute atomic E-state index is 0. The summed E-state index contributed by atoms with van der Waals surface area (Å²) in [6.45, 7) is 7.36. The van der Waals surface area contributed by atoms with Gasteiger partial charge in [0.15, 0.2) is 0 Å². The standard InChI is InChI=1S/2C13H17NO3.2Cu.2H2O/c2*1-3-9(2)12(13(16)17)14-8-10-6-4-5-7-11(10)15;;;;/h2*4-9,12,15H,3H2,1-2H3,(H,16,17);;;2*1H2/q;;2*+2;;/p-2/t2*9-,12-;;;;/m00..../s1. The van der Waals surface area contributed by atoms with Crippen LogP contribution in [0.3, 0.4) is 0 Å². The first-order chi connectivity index (χ1) is 16.1. The van der Waals surface area contributed by atoms with E-state index in [9.17, 15) is 30.0 Å². The molecule has 2 radical (unpaired) electrons. The first-order valence-corrected chi connectivity index (χ1v) is 11.1. The van der Waals surface area contributed by atoms with E-state index in [1.54, 1.807) is 50.2 Å². The fourth-order valence-corrected chi connectivity index (χ4v) is 2.82. The molecule has 0 heterocycles. The molecule has 0 aliphatic rings. The van der Waals surface area contributed by atoms with Crippen molar-refractivity contribution < 1.29 is 75.1 Å². The average Bonchev–Trinajstić information content (AvgIpc) is 2.81. The van der Waals surface area contributed by atoms with Crippen LogP contribution in [0.15, 0.2) is 58.5 Å². The zero-order valence-electron chi connectivity index (χ0n) is 21.6. The van der Waals surface area contributed by atoms with Crippen LogP contribution in [0.4, 0.5) is 0 Å². The Bertz CT molecular complexity index is 925. The minimum atomic E-state index is -1.21. The van der Waals surface area contributed by atoms with E-state index in [1.165, 1.54) is 24.6 Å². The third kappa shape index (κ3) is 14.3. The van der Waals surface area contributed by atoms with Gasteiger partial charge in [0.2, 0.25) is 0 Å². The van der Waals surface area contributed by atoms with Gasteiger partial charge in [0, 0.05) is 12.4 Å². The second kappa shape index (κ2) is 22.3. The van der Waals surface area contributed by atoms with Gasteiger partial charge in [-0.2, -0.15) is 0 Å². The number of rotatable bonds is 10. The van der Waals surface area contributed by atoms with E-state index in [2.05, 4.69) is 9.98 Å². The Morgan fingerprint density at radius 3 is 1.24 bits per heavy atom. The molecule has 2 aromatic carbocycles. The van der Waals surface area contributed by atoms with Gasteiger partial charge in [0.05, 0.1) is 24.0 Å². The van der Waals surface area contributed by atoms with Crippen LogP contribution in [0.2, 0.25) is 0 Å². The summed E-state index contributed by atoms with van der Waals surface area (Å²) in [6.07, 6.45) is 4.01. The Kier molecular flexibility index (Phi) is 24.8. The molecule has 0 fully saturated rings. The van der Waals surface area contributed by atoms with Crippen molar-refractivity contribution in [3.63, 3.8) is 0 Å². The molecule has 0 amide bonds. The van der Waals surface area contributed by atoms with E-state index in [4.69, 9.17) is 0 Å². The number of benzene rings is 2. The predicted octanol–water partition coefficient (Wildman–Crippen LogP) is -1.16. The number of para-hydroxylation sites is 2. The van der Waals surface area contributed by atoms with Crippen molar-refractivity contribution in [2.75, 3.05) is 0 Å². The second-order valence-electron chi connectivity index (χ2n) is 7.93. The van der Waals surface area contributed by atoms with Gasteiger partial charge in [-0.15, -0.1) is 11.5 Å². The maximum absolute atomic E-state index is 11.4. The minimum Gasteiger partial charge on any atom is -0.872 e. The first kappa shape index (κ1) is 42.4. The molecule has 10 nitrogen and oxygen atoms in total. The maximum atomic E-state index is 11.4. The quantitative estimate of drug-likeness (QED) is 0.179. The molecule has 0 saturated carbocycles. The van der Waals surface area contributed by atoms with Crippen LogP contribution in [0.25, 0.3) is 0 Å². The van der Waals surface area contributed by atoms with E-state index in [-0.39, 0.29) is 68.4 Å². The smallest absolute Gasteiger partial charge is 0.872 e.